The molecule has 0 bridgehead atoms. The first-order valence-electron chi connectivity index (χ1n) is 7.86. The fraction of sp³-hybridized carbons (Fsp3) is 0.353. The molecule has 0 spiro atoms. The molecule has 0 atom stereocenters. The van der Waals surface area contributed by atoms with Crippen molar-refractivity contribution in [2.24, 2.45) is 0 Å². The highest BCUT2D eigenvalue weighted by Crippen LogP contribution is 2.16. The van der Waals surface area contributed by atoms with E-state index in [1.807, 2.05) is 0 Å². The summed E-state index contributed by atoms with van der Waals surface area (Å²) in [5, 5.41) is 2.67. The van der Waals surface area contributed by atoms with Crippen molar-refractivity contribution < 1.29 is 9.18 Å². The smallest absolute Gasteiger partial charge is 0.274 e. The quantitative estimate of drug-likeness (QED) is 0.932. The summed E-state index contributed by atoms with van der Waals surface area (Å²) in [6.07, 6.45) is 1.39. The van der Waals surface area contributed by atoms with Crippen LogP contribution in [-0.2, 0) is 0 Å². The zero-order valence-electron chi connectivity index (χ0n) is 13.8. The number of carbonyl (C=O) groups is 1. The van der Waals surface area contributed by atoms with E-state index in [9.17, 15) is 9.18 Å². The number of anilines is 2. The van der Waals surface area contributed by atoms with E-state index >= 15 is 0 Å². The van der Waals surface area contributed by atoms with Gasteiger partial charge in [-0.15, -0.1) is 0 Å². The second-order valence-electron chi connectivity index (χ2n) is 5.97. The second kappa shape index (κ2) is 6.92. The lowest BCUT2D eigenvalue weighted by Crippen LogP contribution is -2.44. The molecule has 1 aromatic carbocycles. The van der Waals surface area contributed by atoms with Crippen LogP contribution in [0.1, 0.15) is 16.1 Å². The monoisotopic (exact) mass is 329 g/mol. The van der Waals surface area contributed by atoms with Crippen molar-refractivity contribution >= 4 is 17.4 Å². The van der Waals surface area contributed by atoms with Crippen LogP contribution in [-0.4, -0.2) is 54.0 Å². The number of aryl methyl sites for hydroxylation is 1. The van der Waals surface area contributed by atoms with Crippen LogP contribution < -0.4 is 10.2 Å². The van der Waals surface area contributed by atoms with Gasteiger partial charge in [-0.05, 0) is 31.7 Å². The van der Waals surface area contributed by atoms with Crippen LogP contribution >= 0.6 is 0 Å². The third kappa shape index (κ3) is 3.68. The Bertz CT molecular complexity index is 744. The summed E-state index contributed by atoms with van der Waals surface area (Å²) in [6.45, 7) is 5.30. The first-order chi connectivity index (χ1) is 11.5. The SMILES string of the molecule is Cc1ccc(NC(=O)c2cc(N3CCN(C)CC3)ncn2)cc1F. The van der Waals surface area contributed by atoms with E-state index in [1.165, 1.54) is 12.4 Å². The number of likely N-dealkylation sites (N-methyl/N-ethyl adjacent to an activating group) is 1. The van der Waals surface area contributed by atoms with Crippen molar-refractivity contribution in [2.45, 2.75) is 6.92 Å². The van der Waals surface area contributed by atoms with Crippen molar-refractivity contribution in [3.63, 3.8) is 0 Å². The van der Waals surface area contributed by atoms with Gasteiger partial charge in [-0.2, -0.15) is 0 Å². The van der Waals surface area contributed by atoms with E-state index in [0.717, 1.165) is 32.0 Å². The van der Waals surface area contributed by atoms with E-state index in [-0.39, 0.29) is 17.4 Å². The van der Waals surface area contributed by atoms with Gasteiger partial charge in [-0.3, -0.25) is 4.79 Å². The molecule has 3 rings (SSSR count). The van der Waals surface area contributed by atoms with Gasteiger partial charge < -0.3 is 15.1 Å². The van der Waals surface area contributed by atoms with Gasteiger partial charge in [0.1, 0.15) is 23.7 Å². The minimum Gasteiger partial charge on any atom is -0.354 e. The van der Waals surface area contributed by atoms with Crippen molar-refractivity contribution in [3.05, 3.63) is 47.7 Å². The Labute approximate surface area is 140 Å². The number of aromatic nitrogens is 2. The molecule has 2 heterocycles. The molecule has 24 heavy (non-hydrogen) atoms. The van der Waals surface area contributed by atoms with E-state index in [4.69, 9.17) is 0 Å². The number of rotatable bonds is 3. The molecule has 6 nitrogen and oxygen atoms in total. The molecule has 126 valence electrons. The van der Waals surface area contributed by atoms with Crippen LogP contribution in [0.5, 0.6) is 0 Å². The fourth-order valence-electron chi connectivity index (χ4n) is 2.55. The molecule has 1 aliphatic rings. The Kier molecular flexibility index (Phi) is 4.71. The molecule has 1 N–H and O–H groups in total. The predicted molar refractivity (Wildman–Crippen MR) is 90.8 cm³/mol. The van der Waals surface area contributed by atoms with Gasteiger partial charge >= 0.3 is 0 Å². The zero-order valence-corrected chi connectivity index (χ0v) is 13.8. The van der Waals surface area contributed by atoms with Crippen molar-refractivity contribution in [2.75, 3.05) is 43.4 Å². The van der Waals surface area contributed by atoms with Crippen molar-refractivity contribution in [3.8, 4) is 0 Å². The normalized spacial score (nSPS) is 15.4. The summed E-state index contributed by atoms with van der Waals surface area (Å²) in [4.78, 5) is 25.0. The lowest BCUT2D eigenvalue weighted by Gasteiger charge is -2.33. The molecule has 0 saturated carbocycles. The topological polar surface area (TPSA) is 61.4 Å². The van der Waals surface area contributed by atoms with E-state index < -0.39 is 0 Å². The standard InChI is InChI=1S/C17H20FN5O/c1-12-3-4-13(9-14(12)18)21-17(24)15-10-16(20-11-19-15)23-7-5-22(2)6-8-23/h3-4,9-11H,5-8H2,1-2H3,(H,21,24). The number of nitrogens with zero attached hydrogens (tertiary/aromatic N) is 4. The Morgan fingerprint density at radius 3 is 2.62 bits per heavy atom. The first-order valence-corrected chi connectivity index (χ1v) is 7.86. The van der Waals surface area contributed by atoms with Crippen LogP contribution in [0.25, 0.3) is 0 Å². The summed E-state index contributed by atoms with van der Waals surface area (Å²) in [5.41, 5.74) is 1.20. The van der Waals surface area contributed by atoms with E-state index in [1.54, 1.807) is 25.1 Å². The number of halogens is 1. The second-order valence-corrected chi connectivity index (χ2v) is 5.97. The first kappa shape index (κ1) is 16.3. The van der Waals surface area contributed by atoms with Crippen molar-refractivity contribution in [1.82, 2.24) is 14.9 Å². The summed E-state index contributed by atoms with van der Waals surface area (Å²) < 4.78 is 13.6. The third-order valence-electron chi connectivity index (χ3n) is 4.14. The lowest BCUT2D eigenvalue weighted by molar-refractivity contribution is 0.102. The summed E-state index contributed by atoms with van der Waals surface area (Å²) in [6, 6.07) is 6.26. The number of carbonyl (C=O) groups excluding carboxylic acids is 1. The maximum atomic E-state index is 13.6. The minimum atomic E-state index is -0.379. The molecular weight excluding hydrogens is 309 g/mol. The average Bonchev–Trinajstić information content (AvgIpc) is 2.59. The Morgan fingerprint density at radius 1 is 1.17 bits per heavy atom. The lowest BCUT2D eigenvalue weighted by atomic mass is 10.2. The van der Waals surface area contributed by atoms with Gasteiger partial charge in [0.25, 0.3) is 5.91 Å². The van der Waals surface area contributed by atoms with Gasteiger partial charge in [-0.1, -0.05) is 6.07 Å². The van der Waals surface area contributed by atoms with Gasteiger partial charge in [0.2, 0.25) is 0 Å². The van der Waals surface area contributed by atoms with Gasteiger partial charge in [-0.25, -0.2) is 14.4 Å². The molecule has 1 saturated heterocycles. The van der Waals surface area contributed by atoms with Crippen molar-refractivity contribution in [1.29, 1.82) is 0 Å². The van der Waals surface area contributed by atoms with Crippen LogP contribution in [0, 0.1) is 12.7 Å². The maximum Gasteiger partial charge on any atom is 0.274 e. The van der Waals surface area contributed by atoms with E-state index in [0.29, 0.717) is 11.3 Å². The highest BCUT2D eigenvalue weighted by atomic mass is 19.1. The van der Waals surface area contributed by atoms with Crippen LogP contribution in [0.2, 0.25) is 0 Å². The van der Waals surface area contributed by atoms with Crippen LogP contribution in [0.3, 0.4) is 0 Å². The number of hydrogen-bond acceptors (Lipinski definition) is 5. The predicted octanol–water partition coefficient (Wildman–Crippen LogP) is 1.93. The highest BCUT2D eigenvalue weighted by Gasteiger charge is 2.17. The van der Waals surface area contributed by atoms with Gasteiger partial charge in [0.05, 0.1) is 0 Å². The molecule has 0 aliphatic carbocycles. The molecule has 1 amide bonds. The zero-order chi connectivity index (χ0) is 17.1. The molecule has 1 aliphatic heterocycles. The average molecular weight is 329 g/mol. The maximum absolute atomic E-state index is 13.6. The molecule has 1 aromatic heterocycles. The molecule has 0 unspecified atom stereocenters. The Morgan fingerprint density at radius 2 is 1.92 bits per heavy atom. The van der Waals surface area contributed by atoms with Gasteiger partial charge in [0, 0.05) is 37.9 Å². The molecule has 7 heteroatoms. The largest absolute Gasteiger partial charge is 0.354 e. The highest BCUT2D eigenvalue weighted by molar-refractivity contribution is 6.03. The summed E-state index contributed by atoms with van der Waals surface area (Å²) in [7, 11) is 2.08. The van der Waals surface area contributed by atoms with E-state index in [2.05, 4.69) is 32.1 Å². The minimum absolute atomic E-state index is 0.264. The molecular formula is C17H20FN5O. The van der Waals surface area contributed by atoms with Crippen LogP contribution in [0.4, 0.5) is 15.9 Å². The molecule has 0 radical (unpaired) electrons. The number of benzene rings is 1. The molecule has 2 aromatic rings. The number of hydrogen-bond donors (Lipinski definition) is 1. The molecule has 1 fully saturated rings. The summed E-state index contributed by atoms with van der Waals surface area (Å²) >= 11 is 0. The van der Waals surface area contributed by atoms with Crippen LogP contribution in [0.15, 0.2) is 30.6 Å². The summed E-state index contributed by atoms with van der Waals surface area (Å²) in [5.74, 6) is 0.00276. The Hall–Kier alpha value is -2.54. The number of nitrogens with one attached hydrogen (secondary N) is 1. The fourth-order valence-corrected chi connectivity index (χ4v) is 2.55. The van der Waals surface area contributed by atoms with Gasteiger partial charge in [0.15, 0.2) is 0 Å². The Balaban J connectivity index is 1.73. The number of piperazine rings is 1. The third-order valence-corrected chi connectivity index (χ3v) is 4.14. The number of amides is 1.